The maximum atomic E-state index is 12.8. The highest BCUT2D eigenvalue weighted by Crippen LogP contribution is 2.58. The van der Waals surface area contributed by atoms with Crippen molar-refractivity contribution < 1.29 is 28.8 Å². The summed E-state index contributed by atoms with van der Waals surface area (Å²) >= 11 is 2.40. The van der Waals surface area contributed by atoms with E-state index in [0.717, 1.165) is 11.8 Å². The number of β-lactam (4-membered cyclic amide) rings is 1. The summed E-state index contributed by atoms with van der Waals surface area (Å²) < 4.78 is 4.39. The van der Waals surface area contributed by atoms with Crippen LogP contribution in [0.4, 0.5) is 0 Å². The second kappa shape index (κ2) is 7.61. The maximum absolute atomic E-state index is 12.8. The minimum atomic E-state index is -2.08. The monoisotopic (exact) mass is 450 g/mol. The van der Waals surface area contributed by atoms with E-state index in [1.54, 1.807) is 6.26 Å². The van der Waals surface area contributed by atoms with Crippen LogP contribution in [0, 0.1) is 10.1 Å². The molecule has 2 aliphatic rings. The molecule has 0 aromatic heterocycles. The van der Waals surface area contributed by atoms with Crippen LogP contribution in [0.2, 0.25) is 18.1 Å². The molecule has 9 nitrogen and oxygen atoms in total. The van der Waals surface area contributed by atoms with E-state index in [1.807, 2.05) is 0 Å². The lowest BCUT2D eigenvalue weighted by Gasteiger charge is -2.49. The summed E-state index contributed by atoms with van der Waals surface area (Å²) in [6.07, 6.45) is 1.91. The molecular weight excluding hydrogens is 424 g/mol. The average molecular weight is 451 g/mol. The third-order valence-corrected chi connectivity index (χ3v) is 13.6. The fourth-order valence-electron chi connectivity index (χ4n) is 3.29. The zero-order valence-corrected chi connectivity index (χ0v) is 19.4. The molecule has 0 saturated carbocycles. The van der Waals surface area contributed by atoms with Crippen LogP contribution in [-0.4, -0.2) is 75.3 Å². The lowest BCUT2D eigenvalue weighted by Crippen LogP contribution is -2.76. The second-order valence-corrected chi connectivity index (χ2v) is 16.0. The fourth-order valence-corrected chi connectivity index (χ4v) is 7.34. The molecule has 2 heterocycles. The van der Waals surface area contributed by atoms with Crippen molar-refractivity contribution in [2.45, 2.75) is 66.7 Å². The summed E-state index contributed by atoms with van der Waals surface area (Å²) in [5.41, 5.74) is 0. The fraction of sp³-hybridized carbons (Fsp3) is 0.812. The van der Waals surface area contributed by atoms with Crippen LogP contribution in [0.3, 0.4) is 0 Å². The Bertz CT molecular complexity index is 712. The van der Waals surface area contributed by atoms with E-state index < -0.39 is 52.4 Å². The van der Waals surface area contributed by atoms with Crippen LogP contribution in [-0.2, 0) is 18.8 Å². The van der Waals surface area contributed by atoms with Crippen molar-refractivity contribution in [1.29, 1.82) is 0 Å². The number of amides is 2. The number of thioether (sulfide) groups is 2. The molecule has 2 unspecified atom stereocenters. The molecule has 0 radical (unpaired) electrons. The summed E-state index contributed by atoms with van der Waals surface area (Å²) in [6, 6.07) is -2.29. The molecule has 2 rings (SSSR count). The van der Waals surface area contributed by atoms with Gasteiger partial charge >= 0.3 is 11.9 Å². The number of nitro groups is 1. The Kier molecular flexibility index (Phi) is 6.30. The molecule has 0 bridgehead atoms. The number of hydrogen-bond donors (Lipinski definition) is 1. The molecule has 0 aliphatic carbocycles. The molecule has 12 heteroatoms. The Labute approximate surface area is 173 Å². The van der Waals surface area contributed by atoms with Crippen molar-refractivity contribution in [2.24, 2.45) is 0 Å². The number of imide groups is 1. The standard InChI is InChI=1S/C16H26N2O7S2Si/c1-15(2,3)28(5,6)25-8-7-16-10(9(18(23)24)13(26-4)27-16)17(14(16)22)11(19)12(20)21/h9-10,13H,7-8H2,1-6H3,(H,20,21)/t9?,10-,13?,16+/m1/s1. The summed E-state index contributed by atoms with van der Waals surface area (Å²) in [4.78, 5) is 47.7. The number of carboxylic acid groups (broad SMARTS) is 1. The third-order valence-electron chi connectivity index (χ3n) is 5.89. The van der Waals surface area contributed by atoms with Gasteiger partial charge < -0.3 is 9.53 Å². The number of carbonyl (C=O) groups is 3. The Hall–Kier alpha value is -1.11. The normalized spacial score (nSPS) is 30.0. The first-order valence-electron chi connectivity index (χ1n) is 8.80. The molecule has 0 aromatic carbocycles. The number of carbonyl (C=O) groups excluding carboxylic acids is 2. The van der Waals surface area contributed by atoms with Crippen molar-refractivity contribution >= 4 is 49.6 Å². The highest BCUT2D eigenvalue weighted by atomic mass is 32.2. The largest absolute Gasteiger partial charge is 0.474 e. The van der Waals surface area contributed by atoms with Crippen LogP contribution in [0.1, 0.15) is 27.2 Å². The second-order valence-electron chi connectivity index (χ2n) is 8.48. The van der Waals surface area contributed by atoms with E-state index in [2.05, 4.69) is 33.9 Å². The Morgan fingerprint density at radius 2 is 2.00 bits per heavy atom. The van der Waals surface area contributed by atoms with Crippen molar-refractivity contribution in [2.75, 3.05) is 12.9 Å². The van der Waals surface area contributed by atoms with E-state index in [9.17, 15) is 24.5 Å². The van der Waals surface area contributed by atoms with Gasteiger partial charge in [0, 0.05) is 11.5 Å². The molecule has 28 heavy (non-hydrogen) atoms. The van der Waals surface area contributed by atoms with Gasteiger partial charge in [-0.2, -0.15) is 0 Å². The van der Waals surface area contributed by atoms with Crippen molar-refractivity contribution in [1.82, 2.24) is 4.90 Å². The van der Waals surface area contributed by atoms with Gasteiger partial charge in [0.05, 0.1) is 0 Å². The Balaban J connectivity index is 2.30. The van der Waals surface area contributed by atoms with Crippen molar-refractivity contribution in [3.05, 3.63) is 10.1 Å². The van der Waals surface area contributed by atoms with Gasteiger partial charge in [-0.1, -0.05) is 20.8 Å². The summed E-state index contributed by atoms with van der Waals surface area (Å²) in [5, 5.41) is 20.7. The molecule has 2 amide bonds. The van der Waals surface area contributed by atoms with Crippen LogP contribution >= 0.6 is 23.5 Å². The number of fused-ring (bicyclic) bond motifs is 1. The van der Waals surface area contributed by atoms with Crippen LogP contribution in [0.15, 0.2) is 0 Å². The quantitative estimate of drug-likeness (QED) is 0.212. The lowest BCUT2D eigenvalue weighted by molar-refractivity contribution is -0.525. The van der Waals surface area contributed by atoms with Crippen LogP contribution in [0.25, 0.3) is 0 Å². The average Bonchev–Trinajstić information content (AvgIpc) is 2.85. The molecule has 4 atom stereocenters. The van der Waals surface area contributed by atoms with Gasteiger partial charge in [-0.3, -0.25) is 24.6 Å². The van der Waals surface area contributed by atoms with Gasteiger partial charge in [-0.15, -0.1) is 23.5 Å². The van der Waals surface area contributed by atoms with Crippen LogP contribution < -0.4 is 0 Å². The van der Waals surface area contributed by atoms with E-state index in [-0.39, 0.29) is 18.1 Å². The van der Waals surface area contributed by atoms with Gasteiger partial charge in [0.2, 0.25) is 5.91 Å². The SMILES string of the molecule is CSC1S[C@]2(CCO[Si](C)(C)C(C)(C)C)C(=O)N(C(=O)C(=O)O)[C@@H]2C1[N+](=O)[O-]. The molecule has 1 N–H and O–H groups in total. The molecule has 2 fully saturated rings. The summed E-state index contributed by atoms with van der Waals surface area (Å²) in [5.74, 6) is -3.87. The van der Waals surface area contributed by atoms with E-state index in [0.29, 0.717) is 4.90 Å². The number of aliphatic carboxylic acids is 1. The number of hydrogen-bond acceptors (Lipinski definition) is 8. The zero-order chi connectivity index (χ0) is 21.7. The lowest BCUT2D eigenvalue weighted by atomic mass is 9.80. The number of nitrogens with zero attached hydrogens (tertiary/aromatic N) is 2. The third kappa shape index (κ3) is 3.59. The van der Waals surface area contributed by atoms with E-state index in [4.69, 9.17) is 9.53 Å². The summed E-state index contributed by atoms with van der Waals surface area (Å²) in [6.45, 7) is 10.6. The van der Waals surface area contributed by atoms with Gasteiger partial charge in [0.15, 0.2) is 8.32 Å². The highest BCUT2D eigenvalue weighted by Gasteiger charge is 2.76. The number of rotatable bonds is 6. The van der Waals surface area contributed by atoms with Gasteiger partial charge in [0.1, 0.15) is 15.4 Å². The van der Waals surface area contributed by atoms with Crippen molar-refractivity contribution in [3.63, 3.8) is 0 Å². The number of carboxylic acids is 1. The first-order chi connectivity index (χ1) is 12.7. The Morgan fingerprint density at radius 3 is 2.43 bits per heavy atom. The molecule has 158 valence electrons. The predicted octanol–water partition coefficient (Wildman–Crippen LogP) is 2.04. The van der Waals surface area contributed by atoms with E-state index in [1.165, 1.54) is 11.8 Å². The minimum absolute atomic E-state index is 0.0347. The van der Waals surface area contributed by atoms with Gasteiger partial charge in [-0.25, -0.2) is 4.79 Å². The van der Waals surface area contributed by atoms with Crippen LogP contribution in [0.5, 0.6) is 0 Å². The molecular formula is C16H26N2O7S2Si. The minimum Gasteiger partial charge on any atom is -0.474 e. The predicted molar refractivity (Wildman–Crippen MR) is 109 cm³/mol. The molecule has 0 aromatic rings. The van der Waals surface area contributed by atoms with E-state index >= 15 is 0 Å². The highest BCUT2D eigenvalue weighted by molar-refractivity contribution is 8.18. The topological polar surface area (TPSA) is 127 Å². The van der Waals surface area contributed by atoms with Gasteiger partial charge in [-0.05, 0) is 30.8 Å². The number of likely N-dealkylation sites (tertiary alicyclic amines) is 1. The van der Waals surface area contributed by atoms with Gasteiger partial charge in [0.25, 0.3) is 6.04 Å². The first kappa shape index (κ1) is 23.2. The van der Waals surface area contributed by atoms with Crippen molar-refractivity contribution in [3.8, 4) is 0 Å². The smallest absolute Gasteiger partial charge is 0.395 e. The summed E-state index contributed by atoms with van der Waals surface area (Å²) in [7, 11) is -2.08. The molecule has 2 saturated heterocycles. The molecule has 0 spiro atoms. The molecule has 2 aliphatic heterocycles. The first-order valence-corrected chi connectivity index (χ1v) is 13.9. The maximum Gasteiger partial charge on any atom is 0.395 e. The Morgan fingerprint density at radius 1 is 1.43 bits per heavy atom. The zero-order valence-electron chi connectivity index (χ0n) is 16.8.